The Labute approximate surface area is 184 Å². The lowest BCUT2D eigenvalue weighted by molar-refractivity contribution is -0.148. The number of nitrogens with one attached hydrogen (secondary N) is 1. The van der Waals surface area contributed by atoms with Gasteiger partial charge in [0, 0.05) is 45.1 Å². The number of pyridine rings is 1. The zero-order chi connectivity index (χ0) is 21.5. The minimum Gasteiger partial charge on any atom is -0.375 e. The van der Waals surface area contributed by atoms with Gasteiger partial charge in [0.2, 0.25) is 11.8 Å². The average molecular weight is 422 g/mol. The van der Waals surface area contributed by atoms with Crippen LogP contribution in [0.5, 0.6) is 0 Å². The highest BCUT2D eigenvalue weighted by atomic mass is 16.5. The molecule has 2 fully saturated rings. The Morgan fingerprint density at radius 1 is 1.06 bits per heavy atom. The number of carbonyl (C=O) groups is 2. The normalized spacial score (nSPS) is 20.4. The van der Waals surface area contributed by atoms with E-state index in [9.17, 15) is 9.59 Å². The first-order valence-electron chi connectivity index (χ1n) is 11.2. The molecule has 1 spiro atoms. The fraction of sp³-hybridized carbons (Fsp3) is 0.480. The van der Waals surface area contributed by atoms with Crippen molar-refractivity contribution in [1.29, 1.82) is 0 Å². The smallest absolute Gasteiger partial charge is 0.226 e. The fourth-order valence-electron chi connectivity index (χ4n) is 4.73. The first-order chi connectivity index (χ1) is 15.1. The average Bonchev–Trinajstić information content (AvgIpc) is 2.80. The molecule has 0 saturated carbocycles. The van der Waals surface area contributed by atoms with E-state index >= 15 is 0 Å². The number of hydrogen-bond donors (Lipinski definition) is 1. The second-order valence-electron chi connectivity index (χ2n) is 8.77. The molecule has 1 N–H and O–H groups in total. The van der Waals surface area contributed by atoms with Gasteiger partial charge in [0.25, 0.3) is 0 Å². The maximum absolute atomic E-state index is 12.6. The van der Waals surface area contributed by atoms with Crippen LogP contribution < -0.4 is 5.32 Å². The lowest BCUT2D eigenvalue weighted by atomic mass is 9.78. The number of amides is 2. The van der Waals surface area contributed by atoms with Crippen LogP contribution >= 0.6 is 0 Å². The molecule has 2 aliphatic rings. The van der Waals surface area contributed by atoms with Crippen LogP contribution in [0.3, 0.4) is 0 Å². The summed E-state index contributed by atoms with van der Waals surface area (Å²) in [6.07, 6.45) is 7.92. The standard InChI is InChI=1S/C25H31N3O3/c29-23(27-19-21-4-2-1-3-5-21)16-22-8-15-31-25(18-22)9-13-28(14-10-25)24(30)17-20-6-11-26-12-7-20/h1-7,11-12,22H,8-10,13-19H2,(H,27,29). The number of aromatic nitrogens is 1. The Hall–Kier alpha value is -2.73. The molecule has 0 radical (unpaired) electrons. The third-order valence-corrected chi connectivity index (χ3v) is 6.53. The topological polar surface area (TPSA) is 71.5 Å². The van der Waals surface area contributed by atoms with Gasteiger partial charge in [-0.05, 0) is 54.9 Å². The Balaban J connectivity index is 1.24. The summed E-state index contributed by atoms with van der Waals surface area (Å²) < 4.78 is 6.22. The van der Waals surface area contributed by atoms with Gasteiger partial charge >= 0.3 is 0 Å². The van der Waals surface area contributed by atoms with Gasteiger partial charge in [0.05, 0.1) is 12.0 Å². The van der Waals surface area contributed by atoms with Crippen LogP contribution in [-0.2, 0) is 27.3 Å². The number of benzene rings is 1. The Kier molecular flexibility index (Phi) is 6.97. The molecular weight excluding hydrogens is 390 g/mol. The van der Waals surface area contributed by atoms with Crippen LogP contribution in [-0.4, -0.2) is 47.0 Å². The molecule has 3 heterocycles. The van der Waals surface area contributed by atoms with E-state index in [0.29, 0.717) is 31.9 Å². The Bertz CT molecular complexity index is 864. The Morgan fingerprint density at radius 2 is 1.81 bits per heavy atom. The number of rotatable bonds is 6. The van der Waals surface area contributed by atoms with E-state index in [4.69, 9.17) is 4.74 Å². The zero-order valence-electron chi connectivity index (χ0n) is 18.0. The van der Waals surface area contributed by atoms with Gasteiger partial charge in [-0.2, -0.15) is 0 Å². The number of nitrogens with zero attached hydrogens (tertiary/aromatic N) is 2. The molecule has 2 aromatic rings. The molecule has 1 atom stereocenters. The molecule has 0 bridgehead atoms. The van der Waals surface area contributed by atoms with Gasteiger partial charge in [-0.1, -0.05) is 30.3 Å². The monoisotopic (exact) mass is 421 g/mol. The molecule has 4 rings (SSSR count). The molecule has 1 aromatic carbocycles. The zero-order valence-corrected chi connectivity index (χ0v) is 18.0. The van der Waals surface area contributed by atoms with Gasteiger partial charge < -0.3 is 15.0 Å². The van der Waals surface area contributed by atoms with Crippen molar-refractivity contribution in [2.75, 3.05) is 19.7 Å². The number of piperidine rings is 1. The van der Waals surface area contributed by atoms with E-state index in [0.717, 1.165) is 49.9 Å². The van der Waals surface area contributed by atoms with E-state index in [1.54, 1.807) is 12.4 Å². The number of hydrogen-bond acceptors (Lipinski definition) is 4. The first-order valence-corrected chi connectivity index (χ1v) is 11.2. The number of likely N-dealkylation sites (tertiary alicyclic amines) is 1. The van der Waals surface area contributed by atoms with Gasteiger partial charge in [0.1, 0.15) is 0 Å². The highest BCUT2D eigenvalue weighted by Gasteiger charge is 2.41. The van der Waals surface area contributed by atoms with Crippen molar-refractivity contribution in [2.24, 2.45) is 5.92 Å². The van der Waals surface area contributed by atoms with Crippen LogP contribution in [0.2, 0.25) is 0 Å². The van der Waals surface area contributed by atoms with Crippen LogP contribution in [0.1, 0.15) is 43.2 Å². The largest absolute Gasteiger partial charge is 0.375 e. The Morgan fingerprint density at radius 3 is 2.55 bits per heavy atom. The SMILES string of the molecule is O=C(CC1CCOC2(CCN(C(=O)Cc3ccncc3)CC2)C1)NCc1ccccc1. The summed E-state index contributed by atoms with van der Waals surface area (Å²) in [5, 5.41) is 3.05. The molecule has 0 aliphatic carbocycles. The maximum atomic E-state index is 12.6. The molecule has 31 heavy (non-hydrogen) atoms. The summed E-state index contributed by atoms with van der Waals surface area (Å²) in [5.74, 6) is 0.605. The molecule has 2 saturated heterocycles. The maximum Gasteiger partial charge on any atom is 0.226 e. The first kappa shape index (κ1) is 21.5. The van der Waals surface area contributed by atoms with E-state index in [-0.39, 0.29) is 17.4 Å². The lowest BCUT2D eigenvalue weighted by Crippen LogP contribution is -2.51. The summed E-state index contributed by atoms with van der Waals surface area (Å²) >= 11 is 0. The van der Waals surface area contributed by atoms with E-state index < -0.39 is 0 Å². The minimum atomic E-state index is -0.184. The van der Waals surface area contributed by atoms with E-state index in [1.165, 1.54) is 0 Å². The molecule has 2 amide bonds. The van der Waals surface area contributed by atoms with Gasteiger partial charge in [-0.15, -0.1) is 0 Å². The molecule has 1 aromatic heterocycles. The molecule has 1 unspecified atom stereocenters. The third-order valence-electron chi connectivity index (χ3n) is 6.53. The quantitative estimate of drug-likeness (QED) is 0.778. The van der Waals surface area contributed by atoms with Crippen LogP contribution in [0, 0.1) is 5.92 Å². The molecule has 164 valence electrons. The van der Waals surface area contributed by atoms with Gasteiger partial charge in [-0.3, -0.25) is 14.6 Å². The third kappa shape index (κ3) is 5.91. The van der Waals surface area contributed by atoms with Crippen LogP contribution in [0.4, 0.5) is 0 Å². The molecule has 2 aliphatic heterocycles. The highest BCUT2D eigenvalue weighted by Crippen LogP contribution is 2.38. The summed E-state index contributed by atoms with van der Waals surface area (Å²) in [6.45, 7) is 2.71. The van der Waals surface area contributed by atoms with Gasteiger partial charge in [-0.25, -0.2) is 0 Å². The predicted octanol–water partition coefficient (Wildman–Crippen LogP) is 3.12. The summed E-state index contributed by atoms with van der Waals surface area (Å²) in [4.78, 5) is 31.1. The number of ether oxygens (including phenoxy) is 1. The van der Waals surface area contributed by atoms with Crippen LogP contribution in [0.25, 0.3) is 0 Å². The fourth-order valence-corrected chi connectivity index (χ4v) is 4.73. The number of carbonyl (C=O) groups excluding carboxylic acids is 2. The van der Waals surface area contributed by atoms with Crippen LogP contribution in [0.15, 0.2) is 54.9 Å². The summed E-state index contributed by atoms with van der Waals surface area (Å²) in [7, 11) is 0. The molecule has 6 heteroatoms. The van der Waals surface area contributed by atoms with E-state index in [2.05, 4.69) is 10.3 Å². The van der Waals surface area contributed by atoms with Crippen molar-refractivity contribution >= 4 is 11.8 Å². The van der Waals surface area contributed by atoms with Crippen molar-refractivity contribution in [2.45, 2.75) is 50.7 Å². The van der Waals surface area contributed by atoms with Crippen molar-refractivity contribution in [3.8, 4) is 0 Å². The summed E-state index contributed by atoms with van der Waals surface area (Å²) in [5.41, 5.74) is 1.93. The highest BCUT2D eigenvalue weighted by molar-refractivity contribution is 5.79. The lowest BCUT2D eigenvalue weighted by Gasteiger charge is -2.46. The van der Waals surface area contributed by atoms with E-state index in [1.807, 2.05) is 47.4 Å². The second kappa shape index (κ2) is 10.1. The van der Waals surface area contributed by atoms with Crippen molar-refractivity contribution < 1.29 is 14.3 Å². The predicted molar refractivity (Wildman–Crippen MR) is 118 cm³/mol. The molecule has 6 nitrogen and oxygen atoms in total. The van der Waals surface area contributed by atoms with Crippen molar-refractivity contribution in [1.82, 2.24) is 15.2 Å². The summed E-state index contributed by atoms with van der Waals surface area (Å²) in [6, 6.07) is 13.8. The van der Waals surface area contributed by atoms with Gasteiger partial charge in [0.15, 0.2) is 0 Å². The minimum absolute atomic E-state index is 0.107. The van der Waals surface area contributed by atoms with Crippen molar-refractivity contribution in [3.05, 3.63) is 66.0 Å². The molecular formula is C25H31N3O3. The van der Waals surface area contributed by atoms with Crippen molar-refractivity contribution in [3.63, 3.8) is 0 Å². The second-order valence-corrected chi connectivity index (χ2v) is 8.77.